The molecule has 0 aliphatic carbocycles. The first-order chi connectivity index (χ1) is 12.5. The number of hydrogen-bond donors (Lipinski definition) is 0. The molecule has 0 aliphatic heterocycles. The Morgan fingerprint density at radius 3 is 1.19 bits per heavy atom. The standard InChI is InChI=1S/C23H44O4/c1-9-11-13-15-17-26-19(24)23(21(3,4)5,22(6,7)8)20(25)27-18-16-14-12-10-2/h9-18H2,1-8H3. The molecule has 0 amide bonds. The van der Waals surface area contributed by atoms with Crippen molar-refractivity contribution in [2.45, 2.75) is 107 Å². The molecule has 27 heavy (non-hydrogen) atoms. The maximum atomic E-state index is 13.2. The number of rotatable bonds is 12. The zero-order valence-electron chi connectivity index (χ0n) is 19.2. The summed E-state index contributed by atoms with van der Waals surface area (Å²) >= 11 is 0. The minimum Gasteiger partial charge on any atom is -0.465 e. The van der Waals surface area contributed by atoms with Gasteiger partial charge in [0.1, 0.15) is 0 Å². The van der Waals surface area contributed by atoms with Crippen molar-refractivity contribution in [1.82, 2.24) is 0 Å². The van der Waals surface area contributed by atoms with Gasteiger partial charge in [-0.1, -0.05) is 93.9 Å². The summed E-state index contributed by atoms with van der Waals surface area (Å²) in [5.41, 5.74) is -2.58. The van der Waals surface area contributed by atoms with Crippen LogP contribution in [0.3, 0.4) is 0 Å². The maximum Gasteiger partial charge on any atom is 0.324 e. The van der Waals surface area contributed by atoms with E-state index in [-0.39, 0.29) is 0 Å². The fourth-order valence-electron chi connectivity index (χ4n) is 4.04. The van der Waals surface area contributed by atoms with Crippen molar-refractivity contribution >= 4 is 11.9 Å². The normalized spacial score (nSPS) is 12.7. The molecule has 0 spiro atoms. The van der Waals surface area contributed by atoms with Crippen LogP contribution in [0.25, 0.3) is 0 Å². The van der Waals surface area contributed by atoms with E-state index < -0.39 is 28.2 Å². The van der Waals surface area contributed by atoms with Gasteiger partial charge in [-0.3, -0.25) is 9.59 Å². The number of ether oxygens (including phenoxy) is 2. The smallest absolute Gasteiger partial charge is 0.324 e. The van der Waals surface area contributed by atoms with Crippen LogP contribution in [0.4, 0.5) is 0 Å². The minimum absolute atomic E-state index is 0.358. The third-order valence-electron chi connectivity index (χ3n) is 5.32. The van der Waals surface area contributed by atoms with E-state index in [0.29, 0.717) is 13.2 Å². The average molecular weight is 385 g/mol. The Hall–Kier alpha value is -1.06. The molecule has 0 aromatic carbocycles. The highest BCUT2D eigenvalue weighted by Crippen LogP contribution is 2.53. The van der Waals surface area contributed by atoms with Crippen molar-refractivity contribution in [2.75, 3.05) is 13.2 Å². The predicted octanol–water partition coefficient (Wildman–Crippen LogP) is 6.31. The van der Waals surface area contributed by atoms with Crippen molar-refractivity contribution in [2.24, 2.45) is 16.2 Å². The third kappa shape index (κ3) is 7.12. The molecule has 0 aromatic rings. The number of hydrogen-bond acceptors (Lipinski definition) is 4. The first-order valence-electron chi connectivity index (χ1n) is 10.8. The molecule has 0 heterocycles. The van der Waals surface area contributed by atoms with E-state index in [1.165, 1.54) is 0 Å². The number of carbonyl (C=O) groups is 2. The van der Waals surface area contributed by atoms with E-state index in [4.69, 9.17) is 9.47 Å². The molecule has 160 valence electrons. The largest absolute Gasteiger partial charge is 0.465 e. The lowest BCUT2D eigenvalue weighted by Crippen LogP contribution is -2.59. The van der Waals surface area contributed by atoms with Crippen LogP contribution in [0, 0.1) is 16.2 Å². The molecule has 0 bridgehead atoms. The molecule has 0 atom stereocenters. The molecule has 0 N–H and O–H groups in total. The zero-order chi connectivity index (χ0) is 21.1. The molecule has 0 saturated heterocycles. The van der Waals surface area contributed by atoms with E-state index in [2.05, 4.69) is 13.8 Å². The van der Waals surface area contributed by atoms with Crippen molar-refractivity contribution < 1.29 is 19.1 Å². The zero-order valence-corrected chi connectivity index (χ0v) is 19.2. The highest BCUT2D eigenvalue weighted by molar-refractivity contribution is 6.02. The number of carbonyl (C=O) groups excluding carboxylic acids is 2. The molecule has 0 fully saturated rings. The summed E-state index contributed by atoms with van der Waals surface area (Å²) in [6.45, 7) is 16.6. The summed E-state index contributed by atoms with van der Waals surface area (Å²) in [6.07, 6.45) is 8.24. The molecule has 0 radical (unpaired) electrons. The Kier molecular flexibility index (Phi) is 11.2. The fraction of sp³-hybridized carbons (Fsp3) is 0.913. The summed E-state index contributed by atoms with van der Waals surface area (Å²) < 4.78 is 11.3. The van der Waals surface area contributed by atoms with Gasteiger partial charge in [0, 0.05) is 0 Å². The average Bonchev–Trinajstić information content (AvgIpc) is 2.52. The summed E-state index contributed by atoms with van der Waals surface area (Å²) in [6, 6.07) is 0. The summed E-state index contributed by atoms with van der Waals surface area (Å²) in [4.78, 5) is 26.5. The van der Waals surface area contributed by atoms with Crippen LogP contribution in [-0.2, 0) is 19.1 Å². The Morgan fingerprint density at radius 2 is 0.926 bits per heavy atom. The van der Waals surface area contributed by atoms with Crippen LogP contribution in [-0.4, -0.2) is 25.2 Å². The van der Waals surface area contributed by atoms with Crippen molar-refractivity contribution in [3.63, 3.8) is 0 Å². The number of unbranched alkanes of at least 4 members (excludes halogenated alkanes) is 6. The Labute approximate surface area is 167 Å². The summed E-state index contributed by atoms with van der Waals surface area (Å²) in [7, 11) is 0. The van der Waals surface area contributed by atoms with Gasteiger partial charge in [-0.2, -0.15) is 0 Å². The van der Waals surface area contributed by atoms with Crippen LogP contribution < -0.4 is 0 Å². The first-order valence-corrected chi connectivity index (χ1v) is 10.8. The quantitative estimate of drug-likeness (QED) is 0.225. The van der Waals surface area contributed by atoms with Crippen molar-refractivity contribution in [3.05, 3.63) is 0 Å². The first kappa shape index (κ1) is 25.9. The maximum absolute atomic E-state index is 13.2. The summed E-state index contributed by atoms with van der Waals surface area (Å²) in [5, 5.41) is 0. The molecule has 0 aliphatic rings. The second-order valence-corrected chi connectivity index (χ2v) is 9.64. The SMILES string of the molecule is CCCCCCOC(=O)C(C(=O)OCCCCCC)(C(C)(C)C)C(C)(C)C. The van der Waals surface area contributed by atoms with E-state index in [0.717, 1.165) is 51.4 Å². The van der Waals surface area contributed by atoms with E-state index >= 15 is 0 Å². The van der Waals surface area contributed by atoms with Crippen LogP contribution in [0.15, 0.2) is 0 Å². The van der Waals surface area contributed by atoms with Gasteiger partial charge in [0.05, 0.1) is 13.2 Å². The van der Waals surface area contributed by atoms with Gasteiger partial charge in [-0.05, 0) is 23.7 Å². The lowest BCUT2D eigenvalue weighted by atomic mass is 9.54. The molecule has 4 nitrogen and oxygen atoms in total. The Balaban J connectivity index is 5.36. The lowest BCUT2D eigenvalue weighted by Gasteiger charge is -2.48. The van der Waals surface area contributed by atoms with Gasteiger partial charge in [-0.25, -0.2) is 0 Å². The second-order valence-electron chi connectivity index (χ2n) is 9.64. The summed E-state index contributed by atoms with van der Waals surface area (Å²) in [5.74, 6) is -0.893. The minimum atomic E-state index is -1.34. The highest BCUT2D eigenvalue weighted by Gasteiger charge is 2.64. The van der Waals surface area contributed by atoms with Gasteiger partial charge in [0.2, 0.25) is 0 Å². The molecular formula is C23H44O4. The molecule has 0 saturated carbocycles. The molecular weight excluding hydrogens is 340 g/mol. The van der Waals surface area contributed by atoms with Crippen LogP contribution >= 0.6 is 0 Å². The highest BCUT2D eigenvalue weighted by atomic mass is 16.6. The van der Waals surface area contributed by atoms with E-state index in [9.17, 15) is 9.59 Å². The third-order valence-corrected chi connectivity index (χ3v) is 5.32. The van der Waals surface area contributed by atoms with Crippen molar-refractivity contribution in [3.8, 4) is 0 Å². The molecule has 0 rings (SSSR count). The Morgan fingerprint density at radius 1 is 0.593 bits per heavy atom. The fourth-order valence-corrected chi connectivity index (χ4v) is 4.04. The molecule has 0 unspecified atom stereocenters. The van der Waals surface area contributed by atoms with E-state index in [1.54, 1.807) is 0 Å². The van der Waals surface area contributed by atoms with E-state index in [1.807, 2.05) is 41.5 Å². The van der Waals surface area contributed by atoms with Gasteiger partial charge in [0.15, 0.2) is 5.41 Å². The molecule has 0 aromatic heterocycles. The lowest BCUT2D eigenvalue weighted by molar-refractivity contribution is -0.194. The van der Waals surface area contributed by atoms with Crippen LogP contribution in [0.2, 0.25) is 0 Å². The van der Waals surface area contributed by atoms with Gasteiger partial charge in [0.25, 0.3) is 0 Å². The monoisotopic (exact) mass is 384 g/mol. The van der Waals surface area contributed by atoms with Gasteiger partial charge < -0.3 is 9.47 Å². The number of esters is 2. The molecule has 4 heteroatoms. The van der Waals surface area contributed by atoms with Gasteiger partial charge in [-0.15, -0.1) is 0 Å². The van der Waals surface area contributed by atoms with Crippen LogP contribution in [0.5, 0.6) is 0 Å². The topological polar surface area (TPSA) is 52.6 Å². The Bertz CT molecular complexity index is 398. The van der Waals surface area contributed by atoms with Gasteiger partial charge >= 0.3 is 11.9 Å². The van der Waals surface area contributed by atoms with Crippen molar-refractivity contribution in [1.29, 1.82) is 0 Å². The predicted molar refractivity (Wildman–Crippen MR) is 112 cm³/mol. The second kappa shape index (κ2) is 11.7. The van der Waals surface area contributed by atoms with Crippen LogP contribution in [0.1, 0.15) is 107 Å².